The molecule has 0 radical (unpaired) electrons. The second kappa shape index (κ2) is 3.49. The van der Waals surface area contributed by atoms with E-state index in [1.807, 2.05) is 5.38 Å². The normalized spacial score (nSPS) is 10.2. The first-order valence-corrected chi connectivity index (χ1v) is 4.64. The van der Waals surface area contributed by atoms with Crippen LogP contribution in [0.3, 0.4) is 0 Å². The summed E-state index contributed by atoms with van der Waals surface area (Å²) in [6.07, 6.45) is 5.17. The van der Waals surface area contributed by atoms with Crippen LogP contribution >= 0.6 is 11.3 Å². The number of nitrogens with one attached hydrogen (secondary N) is 1. The lowest BCUT2D eigenvalue weighted by atomic mass is 10.2. The van der Waals surface area contributed by atoms with E-state index in [1.165, 1.54) is 17.5 Å². The highest BCUT2D eigenvalue weighted by molar-refractivity contribution is 7.09. The predicted octanol–water partition coefficient (Wildman–Crippen LogP) is 1.29. The van der Waals surface area contributed by atoms with Crippen molar-refractivity contribution in [1.82, 2.24) is 15.2 Å². The molecule has 4 nitrogen and oxygen atoms in total. The van der Waals surface area contributed by atoms with Crippen molar-refractivity contribution in [2.75, 3.05) is 0 Å². The summed E-state index contributed by atoms with van der Waals surface area (Å²) in [4.78, 5) is 15.5. The van der Waals surface area contributed by atoms with Gasteiger partial charge in [0.15, 0.2) is 5.78 Å². The first-order chi connectivity index (χ1) is 6.36. The van der Waals surface area contributed by atoms with E-state index in [9.17, 15) is 4.79 Å². The van der Waals surface area contributed by atoms with Crippen molar-refractivity contribution in [3.63, 3.8) is 0 Å². The molecule has 0 saturated heterocycles. The molecular weight excluding hydrogens is 186 g/mol. The number of aromatic nitrogens is 3. The fraction of sp³-hybridized carbons (Fsp3) is 0.125. The van der Waals surface area contributed by atoms with E-state index in [2.05, 4.69) is 15.2 Å². The topological polar surface area (TPSA) is 58.6 Å². The molecule has 0 bridgehead atoms. The van der Waals surface area contributed by atoms with Crippen LogP contribution in [0.2, 0.25) is 0 Å². The molecule has 0 aliphatic carbocycles. The smallest absolute Gasteiger partial charge is 0.172 e. The summed E-state index contributed by atoms with van der Waals surface area (Å²) in [5, 5.41) is 9.01. The third kappa shape index (κ3) is 1.81. The van der Waals surface area contributed by atoms with Crippen LogP contribution in [0.4, 0.5) is 0 Å². The van der Waals surface area contributed by atoms with Gasteiger partial charge >= 0.3 is 0 Å². The number of Topliss-reactive ketones (excluding diaryl/α,β-unsaturated/α-hetero) is 1. The van der Waals surface area contributed by atoms with Crippen molar-refractivity contribution in [2.45, 2.75) is 6.42 Å². The number of aromatic amines is 1. The van der Waals surface area contributed by atoms with Gasteiger partial charge in [0.1, 0.15) is 5.01 Å². The van der Waals surface area contributed by atoms with Crippen molar-refractivity contribution >= 4 is 17.1 Å². The molecule has 2 aromatic heterocycles. The second-order valence-electron chi connectivity index (χ2n) is 2.51. The molecule has 0 amide bonds. The zero-order chi connectivity index (χ0) is 9.10. The highest BCUT2D eigenvalue weighted by atomic mass is 32.1. The van der Waals surface area contributed by atoms with Crippen LogP contribution < -0.4 is 0 Å². The molecule has 5 heteroatoms. The van der Waals surface area contributed by atoms with E-state index in [0.29, 0.717) is 12.0 Å². The second-order valence-corrected chi connectivity index (χ2v) is 3.49. The molecule has 0 aliphatic rings. The molecule has 2 aromatic rings. The minimum atomic E-state index is 0.0451. The number of nitrogens with zero attached hydrogens (tertiary/aromatic N) is 2. The fourth-order valence-corrected chi connectivity index (χ4v) is 1.60. The maximum Gasteiger partial charge on any atom is 0.172 e. The highest BCUT2D eigenvalue weighted by Gasteiger charge is 2.08. The summed E-state index contributed by atoms with van der Waals surface area (Å²) < 4.78 is 0. The highest BCUT2D eigenvalue weighted by Crippen LogP contribution is 2.08. The summed E-state index contributed by atoms with van der Waals surface area (Å²) in [5.74, 6) is 0.0451. The molecule has 0 saturated carbocycles. The Kier molecular flexibility index (Phi) is 2.18. The number of carbonyl (C=O) groups is 1. The Morgan fingerprint density at radius 2 is 2.54 bits per heavy atom. The summed E-state index contributed by atoms with van der Waals surface area (Å²) >= 11 is 1.49. The third-order valence-corrected chi connectivity index (χ3v) is 2.40. The van der Waals surface area contributed by atoms with Crippen molar-refractivity contribution in [2.24, 2.45) is 0 Å². The summed E-state index contributed by atoms with van der Waals surface area (Å²) in [6, 6.07) is 0. The summed E-state index contributed by atoms with van der Waals surface area (Å²) in [5.41, 5.74) is 0.607. The zero-order valence-electron chi connectivity index (χ0n) is 6.73. The van der Waals surface area contributed by atoms with E-state index < -0.39 is 0 Å². The Morgan fingerprint density at radius 3 is 3.15 bits per heavy atom. The quantitative estimate of drug-likeness (QED) is 0.747. The molecule has 0 fully saturated rings. The van der Waals surface area contributed by atoms with Crippen molar-refractivity contribution in [1.29, 1.82) is 0 Å². The first-order valence-electron chi connectivity index (χ1n) is 3.76. The Bertz CT molecular complexity index is 379. The number of carbonyl (C=O) groups excluding carboxylic acids is 1. The van der Waals surface area contributed by atoms with E-state index in [1.54, 1.807) is 12.4 Å². The third-order valence-electron chi connectivity index (χ3n) is 1.62. The molecule has 0 aliphatic heterocycles. The predicted molar refractivity (Wildman–Crippen MR) is 48.7 cm³/mol. The van der Waals surface area contributed by atoms with Gasteiger partial charge in [0.2, 0.25) is 0 Å². The Hall–Kier alpha value is -1.49. The van der Waals surface area contributed by atoms with Crippen molar-refractivity contribution in [3.8, 4) is 0 Å². The zero-order valence-corrected chi connectivity index (χ0v) is 7.54. The molecule has 1 N–H and O–H groups in total. The van der Waals surface area contributed by atoms with E-state index in [-0.39, 0.29) is 5.78 Å². The van der Waals surface area contributed by atoms with Crippen molar-refractivity contribution < 1.29 is 4.79 Å². The van der Waals surface area contributed by atoms with Crippen molar-refractivity contribution in [3.05, 3.63) is 34.5 Å². The van der Waals surface area contributed by atoms with Gasteiger partial charge in [-0.3, -0.25) is 9.89 Å². The number of ketones is 1. The molecule has 0 spiro atoms. The van der Waals surface area contributed by atoms with E-state index >= 15 is 0 Å². The maximum atomic E-state index is 11.5. The standard InChI is InChI=1S/C8H7N3OS/c12-7(6-4-10-11-5-6)3-8-9-1-2-13-8/h1-2,4-5H,3H2,(H,10,11). The van der Waals surface area contributed by atoms with Gasteiger partial charge < -0.3 is 0 Å². The van der Waals surface area contributed by atoms with Crippen LogP contribution in [0.5, 0.6) is 0 Å². The van der Waals surface area contributed by atoms with Crippen LogP contribution in [0.1, 0.15) is 15.4 Å². The number of hydrogen-bond acceptors (Lipinski definition) is 4. The summed E-state index contributed by atoms with van der Waals surface area (Å²) in [7, 11) is 0. The molecular formula is C8H7N3OS. The van der Waals surface area contributed by atoms with Gasteiger partial charge in [-0.25, -0.2) is 4.98 Å². The van der Waals surface area contributed by atoms with Crippen LogP contribution in [0.25, 0.3) is 0 Å². The Morgan fingerprint density at radius 1 is 1.62 bits per heavy atom. The molecule has 2 rings (SSSR count). The van der Waals surface area contributed by atoms with Crippen LogP contribution in [-0.2, 0) is 6.42 Å². The lowest BCUT2D eigenvalue weighted by molar-refractivity contribution is 0.0993. The average molecular weight is 193 g/mol. The van der Waals surface area contributed by atoms with Gasteiger partial charge in [0.05, 0.1) is 18.2 Å². The first kappa shape index (κ1) is 8.12. The van der Waals surface area contributed by atoms with E-state index in [4.69, 9.17) is 0 Å². The lowest BCUT2D eigenvalue weighted by Crippen LogP contribution is -2.01. The molecule has 0 unspecified atom stereocenters. The van der Waals surface area contributed by atoms with Gasteiger partial charge in [-0.15, -0.1) is 11.3 Å². The van der Waals surface area contributed by atoms with Crippen LogP contribution in [0, 0.1) is 0 Å². The monoisotopic (exact) mass is 193 g/mol. The Balaban J connectivity index is 2.08. The molecule has 0 atom stereocenters. The van der Waals surface area contributed by atoms with E-state index in [0.717, 1.165) is 5.01 Å². The minimum Gasteiger partial charge on any atom is -0.294 e. The van der Waals surface area contributed by atoms with Crippen LogP contribution in [-0.4, -0.2) is 21.0 Å². The van der Waals surface area contributed by atoms with Gasteiger partial charge in [0.25, 0.3) is 0 Å². The number of hydrogen-bond donors (Lipinski definition) is 1. The van der Waals surface area contributed by atoms with Gasteiger partial charge in [-0.05, 0) is 0 Å². The largest absolute Gasteiger partial charge is 0.294 e. The molecule has 0 aromatic carbocycles. The fourth-order valence-electron chi connectivity index (χ4n) is 0.983. The minimum absolute atomic E-state index is 0.0451. The molecule has 66 valence electrons. The number of H-pyrrole nitrogens is 1. The number of rotatable bonds is 3. The summed E-state index contributed by atoms with van der Waals surface area (Å²) in [6.45, 7) is 0. The Labute approximate surface area is 78.6 Å². The lowest BCUT2D eigenvalue weighted by Gasteiger charge is -1.91. The molecule has 2 heterocycles. The SMILES string of the molecule is O=C(Cc1nccs1)c1cn[nH]c1. The average Bonchev–Trinajstić information content (AvgIpc) is 2.74. The van der Waals surface area contributed by atoms with Crippen LogP contribution in [0.15, 0.2) is 24.0 Å². The maximum absolute atomic E-state index is 11.5. The van der Waals surface area contributed by atoms with Gasteiger partial charge in [-0.2, -0.15) is 5.10 Å². The van der Waals surface area contributed by atoms with Gasteiger partial charge in [0, 0.05) is 17.8 Å². The van der Waals surface area contributed by atoms with Gasteiger partial charge in [-0.1, -0.05) is 0 Å². The molecule has 13 heavy (non-hydrogen) atoms. The number of thiazole rings is 1.